The molecule has 2 aromatic rings. The summed E-state index contributed by atoms with van der Waals surface area (Å²) >= 11 is 0. The number of hydrogen-bond acceptors (Lipinski definition) is 5. The van der Waals surface area contributed by atoms with Crippen LogP contribution < -0.4 is 10.2 Å². The Bertz CT molecular complexity index is 840. The summed E-state index contributed by atoms with van der Waals surface area (Å²) in [5.74, 6) is 3.16. The summed E-state index contributed by atoms with van der Waals surface area (Å²) < 4.78 is 0. The van der Waals surface area contributed by atoms with Gasteiger partial charge in [-0.1, -0.05) is 37.3 Å². The molecule has 2 saturated heterocycles. The van der Waals surface area contributed by atoms with Crippen molar-refractivity contribution in [1.29, 1.82) is 0 Å². The summed E-state index contributed by atoms with van der Waals surface area (Å²) in [6, 6.07) is 12.8. The third kappa shape index (κ3) is 7.02. The minimum absolute atomic E-state index is 0. The number of hydrogen-bond donors (Lipinski definition) is 1. The number of halogens is 1. The summed E-state index contributed by atoms with van der Waals surface area (Å²) in [7, 11) is 1.90. The largest absolute Gasteiger partial charge is 0.356 e. The van der Waals surface area contributed by atoms with E-state index in [2.05, 4.69) is 72.2 Å². The third-order valence-electron chi connectivity index (χ3n) is 6.79. The molecule has 3 heterocycles. The summed E-state index contributed by atoms with van der Waals surface area (Å²) in [4.78, 5) is 20.6. The highest BCUT2D eigenvalue weighted by atomic mass is 127. The molecule has 1 aromatic heterocycles. The minimum Gasteiger partial charge on any atom is -0.356 e. The Balaban J connectivity index is 0.00000306. The second-order valence-electron chi connectivity index (χ2n) is 8.93. The van der Waals surface area contributed by atoms with Gasteiger partial charge in [0.2, 0.25) is 5.95 Å². The Hall–Kier alpha value is -1.94. The SMILES string of the molecule is CN=C(NCCCN1CCN(c2ncccn2)CC1)N1CCC(c2ccccc2)C(C)C1.I. The van der Waals surface area contributed by atoms with Gasteiger partial charge < -0.3 is 15.1 Å². The topological polar surface area (TPSA) is 59.9 Å². The number of aliphatic imine (C=N–C) groups is 1. The van der Waals surface area contributed by atoms with Crippen LogP contribution in [-0.2, 0) is 0 Å². The molecule has 1 aromatic carbocycles. The van der Waals surface area contributed by atoms with Crippen LogP contribution in [0, 0.1) is 5.92 Å². The first-order valence-electron chi connectivity index (χ1n) is 12.0. The van der Waals surface area contributed by atoms with Gasteiger partial charge in [-0.3, -0.25) is 9.89 Å². The molecule has 2 aliphatic rings. The van der Waals surface area contributed by atoms with Crippen molar-refractivity contribution in [3.63, 3.8) is 0 Å². The van der Waals surface area contributed by atoms with E-state index >= 15 is 0 Å². The molecule has 2 aliphatic heterocycles. The van der Waals surface area contributed by atoms with Crippen LogP contribution >= 0.6 is 24.0 Å². The van der Waals surface area contributed by atoms with Crippen LogP contribution in [0.15, 0.2) is 53.8 Å². The predicted octanol–water partition coefficient (Wildman–Crippen LogP) is 3.31. The number of aromatic nitrogens is 2. The smallest absolute Gasteiger partial charge is 0.225 e. The average Bonchev–Trinajstić information content (AvgIpc) is 2.85. The van der Waals surface area contributed by atoms with Gasteiger partial charge in [0, 0.05) is 65.3 Å². The maximum atomic E-state index is 4.57. The van der Waals surface area contributed by atoms with E-state index in [1.54, 1.807) is 0 Å². The van der Waals surface area contributed by atoms with Gasteiger partial charge in [-0.2, -0.15) is 0 Å². The van der Waals surface area contributed by atoms with Crippen LogP contribution in [0.25, 0.3) is 0 Å². The lowest BCUT2D eigenvalue weighted by Gasteiger charge is -2.39. The predicted molar refractivity (Wildman–Crippen MR) is 147 cm³/mol. The molecule has 7 nitrogen and oxygen atoms in total. The number of piperazine rings is 1. The molecule has 180 valence electrons. The fourth-order valence-corrected chi connectivity index (χ4v) is 4.99. The van der Waals surface area contributed by atoms with Gasteiger partial charge in [-0.15, -0.1) is 24.0 Å². The molecule has 2 fully saturated rings. The van der Waals surface area contributed by atoms with E-state index in [1.165, 1.54) is 12.0 Å². The van der Waals surface area contributed by atoms with Crippen molar-refractivity contribution >= 4 is 35.9 Å². The number of nitrogens with zero attached hydrogens (tertiary/aromatic N) is 6. The number of likely N-dealkylation sites (tertiary alicyclic amines) is 1. The summed E-state index contributed by atoms with van der Waals surface area (Å²) in [6.07, 6.45) is 5.94. The summed E-state index contributed by atoms with van der Waals surface area (Å²) in [5.41, 5.74) is 1.47. The Morgan fingerprint density at radius 3 is 2.42 bits per heavy atom. The van der Waals surface area contributed by atoms with Gasteiger partial charge in [0.1, 0.15) is 0 Å². The van der Waals surface area contributed by atoms with Crippen LogP contribution in [0.3, 0.4) is 0 Å². The van der Waals surface area contributed by atoms with Crippen molar-refractivity contribution in [3.05, 3.63) is 54.4 Å². The number of benzene rings is 1. The lowest BCUT2D eigenvalue weighted by atomic mass is 9.82. The van der Waals surface area contributed by atoms with Gasteiger partial charge >= 0.3 is 0 Å². The Labute approximate surface area is 215 Å². The molecule has 2 atom stereocenters. The Morgan fingerprint density at radius 2 is 1.76 bits per heavy atom. The van der Waals surface area contributed by atoms with Gasteiger partial charge in [-0.25, -0.2) is 9.97 Å². The number of piperidine rings is 1. The van der Waals surface area contributed by atoms with Crippen LogP contribution in [-0.4, -0.2) is 85.1 Å². The van der Waals surface area contributed by atoms with E-state index in [0.29, 0.717) is 11.8 Å². The maximum Gasteiger partial charge on any atom is 0.225 e. The quantitative estimate of drug-likeness (QED) is 0.252. The first kappa shape index (κ1) is 25.7. The minimum atomic E-state index is 0. The van der Waals surface area contributed by atoms with Crippen molar-refractivity contribution < 1.29 is 0 Å². The molecule has 2 unspecified atom stereocenters. The molecule has 0 spiro atoms. The molecule has 4 rings (SSSR count). The van der Waals surface area contributed by atoms with Gasteiger partial charge in [0.25, 0.3) is 0 Å². The number of rotatable bonds is 6. The molecule has 0 saturated carbocycles. The van der Waals surface area contributed by atoms with E-state index < -0.39 is 0 Å². The van der Waals surface area contributed by atoms with E-state index in [4.69, 9.17) is 0 Å². The molecule has 0 radical (unpaired) electrons. The normalized spacial score (nSPS) is 22.1. The molecular formula is C25H38IN7. The lowest BCUT2D eigenvalue weighted by Crippen LogP contribution is -2.49. The summed E-state index contributed by atoms with van der Waals surface area (Å²) in [6.45, 7) is 10.7. The van der Waals surface area contributed by atoms with E-state index in [9.17, 15) is 0 Å². The lowest BCUT2D eigenvalue weighted by molar-refractivity contribution is 0.232. The number of anilines is 1. The molecule has 1 N–H and O–H groups in total. The first-order chi connectivity index (χ1) is 15.7. The molecular weight excluding hydrogens is 525 g/mol. The second-order valence-corrected chi connectivity index (χ2v) is 8.93. The van der Waals surface area contributed by atoms with Crippen LogP contribution in [0.5, 0.6) is 0 Å². The van der Waals surface area contributed by atoms with Gasteiger partial charge in [0.05, 0.1) is 0 Å². The maximum absolute atomic E-state index is 4.57. The molecule has 33 heavy (non-hydrogen) atoms. The Morgan fingerprint density at radius 1 is 1.03 bits per heavy atom. The first-order valence-corrected chi connectivity index (χ1v) is 12.0. The van der Waals surface area contributed by atoms with Crippen molar-refractivity contribution in [2.75, 3.05) is 64.3 Å². The highest BCUT2D eigenvalue weighted by Crippen LogP contribution is 2.32. The number of guanidine groups is 1. The second kappa shape index (κ2) is 13.1. The zero-order valence-corrected chi connectivity index (χ0v) is 22.3. The van der Waals surface area contributed by atoms with Crippen LogP contribution in [0.2, 0.25) is 0 Å². The monoisotopic (exact) mass is 563 g/mol. The zero-order chi connectivity index (χ0) is 22.2. The van der Waals surface area contributed by atoms with Crippen molar-refractivity contribution in [2.24, 2.45) is 10.9 Å². The summed E-state index contributed by atoms with van der Waals surface area (Å²) in [5, 5.41) is 3.61. The van der Waals surface area contributed by atoms with Crippen molar-refractivity contribution in [1.82, 2.24) is 25.1 Å². The van der Waals surface area contributed by atoms with Gasteiger partial charge in [-0.05, 0) is 42.9 Å². The van der Waals surface area contributed by atoms with E-state index in [0.717, 1.165) is 70.7 Å². The van der Waals surface area contributed by atoms with Crippen molar-refractivity contribution in [3.8, 4) is 0 Å². The van der Waals surface area contributed by atoms with Crippen molar-refractivity contribution in [2.45, 2.75) is 25.7 Å². The van der Waals surface area contributed by atoms with E-state index in [-0.39, 0.29) is 24.0 Å². The fourth-order valence-electron chi connectivity index (χ4n) is 4.99. The molecule has 0 amide bonds. The highest BCUT2D eigenvalue weighted by molar-refractivity contribution is 14.0. The van der Waals surface area contributed by atoms with Crippen LogP contribution in [0.1, 0.15) is 31.2 Å². The number of nitrogens with one attached hydrogen (secondary N) is 1. The van der Waals surface area contributed by atoms with Gasteiger partial charge in [0.15, 0.2) is 5.96 Å². The third-order valence-corrected chi connectivity index (χ3v) is 6.79. The average molecular weight is 564 g/mol. The highest BCUT2D eigenvalue weighted by Gasteiger charge is 2.28. The van der Waals surface area contributed by atoms with E-state index in [1.807, 2.05) is 25.5 Å². The molecule has 8 heteroatoms. The molecule has 0 bridgehead atoms. The molecule has 0 aliphatic carbocycles. The fraction of sp³-hybridized carbons (Fsp3) is 0.560. The standard InChI is InChI=1S/C25H37N7.HI/c1-21-20-32(15-10-23(21)22-8-4-3-5-9-22)24(26-2)27-13-7-14-30-16-18-31(19-17-30)25-28-11-6-12-29-25;/h3-6,8-9,11-12,21,23H,7,10,13-20H2,1-2H3,(H,26,27);1H. The Kier molecular flexibility index (Phi) is 10.2. The zero-order valence-electron chi connectivity index (χ0n) is 19.9. The van der Waals surface area contributed by atoms with Crippen LogP contribution in [0.4, 0.5) is 5.95 Å².